The van der Waals surface area contributed by atoms with Crippen LogP contribution in [0.4, 0.5) is 19.3 Å². The largest absolute Gasteiger partial charge is 0.487 e. The zero-order valence-electron chi connectivity index (χ0n) is 21.8. The molecule has 0 unspecified atom stereocenters. The van der Waals surface area contributed by atoms with Crippen molar-refractivity contribution in [3.8, 4) is 16.9 Å². The number of rotatable bonds is 6. The first kappa shape index (κ1) is 28.5. The van der Waals surface area contributed by atoms with Gasteiger partial charge in [-0.2, -0.15) is 4.31 Å². The average Bonchev–Trinajstić information content (AvgIpc) is 2.91. The molecule has 39 heavy (non-hydrogen) atoms. The number of aliphatic hydroxyl groups excluding tert-OH is 1. The molecule has 0 bridgehead atoms. The predicted molar refractivity (Wildman–Crippen MR) is 144 cm³/mol. The summed E-state index contributed by atoms with van der Waals surface area (Å²) < 4.78 is 61.6. The number of carbonyl (C=O) groups excluding carboxylic acids is 1. The van der Waals surface area contributed by atoms with Crippen molar-refractivity contribution in [2.24, 2.45) is 5.92 Å². The molecule has 4 rings (SSSR count). The van der Waals surface area contributed by atoms with Crippen LogP contribution < -0.4 is 10.1 Å². The van der Waals surface area contributed by atoms with Crippen molar-refractivity contribution in [1.29, 1.82) is 0 Å². The summed E-state index contributed by atoms with van der Waals surface area (Å²) in [5.74, 6) is -1.10. The van der Waals surface area contributed by atoms with Crippen molar-refractivity contribution < 1.29 is 31.8 Å². The van der Waals surface area contributed by atoms with E-state index in [0.29, 0.717) is 16.8 Å². The highest BCUT2D eigenvalue weighted by molar-refractivity contribution is 7.89. The summed E-state index contributed by atoms with van der Waals surface area (Å²) in [5, 5.41) is 12.5. The second-order valence-electron chi connectivity index (χ2n) is 9.73. The van der Waals surface area contributed by atoms with E-state index in [0.717, 1.165) is 0 Å². The molecule has 0 aromatic heterocycles. The van der Waals surface area contributed by atoms with Gasteiger partial charge in [0.05, 0.1) is 13.2 Å². The molecular formula is C28H31F2N3O5S. The third kappa shape index (κ3) is 6.38. The van der Waals surface area contributed by atoms with Crippen molar-refractivity contribution >= 4 is 21.7 Å². The third-order valence-corrected chi connectivity index (χ3v) is 8.76. The minimum Gasteiger partial charge on any atom is -0.487 e. The van der Waals surface area contributed by atoms with Gasteiger partial charge in [-0.15, -0.1) is 0 Å². The standard InChI is InChI=1S/C28H31F2N3O5S/c1-18-15-33(19(2)17-34)39(36,37)27-13-6-21(20-4-7-22(29)8-5-20)14-25(27)38-26(18)16-32(3)28(35)31-24-11-9-23(30)10-12-24/h4-14,18-19,26,34H,15-17H2,1-3H3,(H,31,35)/t18-,19+,26-/m0/s1. The smallest absolute Gasteiger partial charge is 0.321 e. The third-order valence-electron chi connectivity index (χ3n) is 6.74. The van der Waals surface area contributed by atoms with E-state index in [-0.39, 0.29) is 36.3 Å². The van der Waals surface area contributed by atoms with E-state index in [1.165, 1.54) is 51.7 Å². The molecule has 2 amide bonds. The van der Waals surface area contributed by atoms with Crippen molar-refractivity contribution in [2.45, 2.75) is 30.9 Å². The number of sulfonamides is 1. The van der Waals surface area contributed by atoms with E-state index >= 15 is 0 Å². The van der Waals surface area contributed by atoms with Crippen molar-refractivity contribution in [3.63, 3.8) is 0 Å². The lowest BCUT2D eigenvalue weighted by atomic mass is 10.0. The van der Waals surface area contributed by atoms with Crippen LogP contribution in [0.25, 0.3) is 11.1 Å². The van der Waals surface area contributed by atoms with Gasteiger partial charge in [0.1, 0.15) is 28.4 Å². The van der Waals surface area contributed by atoms with E-state index in [2.05, 4.69) is 5.32 Å². The molecular weight excluding hydrogens is 528 g/mol. The highest BCUT2D eigenvalue weighted by Gasteiger charge is 2.38. The van der Waals surface area contributed by atoms with Gasteiger partial charge in [0.25, 0.3) is 0 Å². The van der Waals surface area contributed by atoms with Crippen LogP contribution in [0.1, 0.15) is 13.8 Å². The van der Waals surface area contributed by atoms with Crippen LogP contribution in [0, 0.1) is 17.6 Å². The summed E-state index contributed by atoms with van der Waals surface area (Å²) in [6, 6.07) is 14.7. The number of fused-ring (bicyclic) bond motifs is 1. The Morgan fingerprint density at radius 2 is 1.67 bits per heavy atom. The van der Waals surface area contributed by atoms with Gasteiger partial charge in [-0.1, -0.05) is 25.1 Å². The number of urea groups is 1. The maximum absolute atomic E-state index is 13.7. The molecule has 0 fully saturated rings. The monoisotopic (exact) mass is 559 g/mol. The Hall–Kier alpha value is -3.54. The van der Waals surface area contributed by atoms with Gasteiger partial charge in [-0.05, 0) is 66.6 Å². The Morgan fingerprint density at radius 1 is 1.08 bits per heavy atom. The number of anilines is 1. The second kappa shape index (κ2) is 11.7. The number of nitrogens with zero attached hydrogens (tertiary/aromatic N) is 2. The minimum absolute atomic E-state index is 0.0568. The lowest BCUT2D eigenvalue weighted by Crippen LogP contribution is -2.50. The number of nitrogens with one attached hydrogen (secondary N) is 1. The van der Waals surface area contributed by atoms with Gasteiger partial charge in [-0.25, -0.2) is 22.0 Å². The van der Waals surface area contributed by atoms with Crippen molar-refractivity contribution in [1.82, 2.24) is 9.21 Å². The zero-order valence-corrected chi connectivity index (χ0v) is 22.7. The van der Waals surface area contributed by atoms with Gasteiger partial charge >= 0.3 is 6.03 Å². The summed E-state index contributed by atoms with van der Waals surface area (Å²) in [5.41, 5.74) is 1.71. The first-order valence-electron chi connectivity index (χ1n) is 12.5. The Bertz CT molecular complexity index is 1420. The molecule has 1 aliphatic rings. The molecule has 3 atom stereocenters. The fourth-order valence-corrected chi connectivity index (χ4v) is 6.20. The van der Waals surface area contributed by atoms with Crippen molar-refractivity contribution in [3.05, 3.63) is 78.4 Å². The molecule has 0 aliphatic carbocycles. The number of hydrogen-bond acceptors (Lipinski definition) is 5. The Balaban J connectivity index is 1.68. The van der Waals surface area contributed by atoms with Crippen LogP contribution in [0.5, 0.6) is 5.75 Å². The lowest BCUT2D eigenvalue weighted by Gasteiger charge is -2.37. The van der Waals surface area contributed by atoms with Gasteiger partial charge in [0.15, 0.2) is 0 Å². The van der Waals surface area contributed by atoms with Crippen LogP contribution >= 0.6 is 0 Å². The normalized spacial score (nSPS) is 19.6. The molecule has 0 radical (unpaired) electrons. The summed E-state index contributed by atoms with van der Waals surface area (Å²) in [6.07, 6.45) is -0.625. The fourth-order valence-electron chi connectivity index (χ4n) is 4.37. The van der Waals surface area contributed by atoms with Gasteiger partial charge in [0, 0.05) is 31.2 Å². The van der Waals surface area contributed by atoms with Crippen LogP contribution in [0.2, 0.25) is 0 Å². The van der Waals surface area contributed by atoms with Gasteiger partial charge < -0.3 is 20.1 Å². The summed E-state index contributed by atoms with van der Waals surface area (Å²) in [6.45, 7) is 3.23. The minimum atomic E-state index is -4.04. The number of benzene rings is 3. The quantitative estimate of drug-likeness (QED) is 0.461. The molecule has 1 heterocycles. The average molecular weight is 560 g/mol. The predicted octanol–water partition coefficient (Wildman–Crippen LogP) is 4.56. The van der Waals surface area contributed by atoms with Crippen molar-refractivity contribution in [2.75, 3.05) is 32.1 Å². The maximum atomic E-state index is 13.7. The Morgan fingerprint density at radius 3 is 2.28 bits per heavy atom. The van der Waals surface area contributed by atoms with E-state index in [1.54, 1.807) is 38.2 Å². The molecule has 2 N–H and O–H groups in total. The molecule has 11 heteroatoms. The van der Waals surface area contributed by atoms with E-state index in [4.69, 9.17) is 4.74 Å². The number of amides is 2. The topological polar surface area (TPSA) is 99.2 Å². The van der Waals surface area contributed by atoms with Gasteiger partial charge in [-0.3, -0.25) is 0 Å². The molecule has 8 nitrogen and oxygen atoms in total. The highest BCUT2D eigenvalue weighted by Crippen LogP contribution is 2.36. The van der Waals surface area contributed by atoms with E-state index in [9.17, 15) is 27.1 Å². The number of aliphatic hydroxyl groups is 1. The van der Waals surface area contributed by atoms with Crippen LogP contribution in [-0.4, -0.2) is 67.7 Å². The number of halogens is 2. The number of carbonyl (C=O) groups is 1. The van der Waals surface area contributed by atoms with E-state index < -0.39 is 39.8 Å². The van der Waals surface area contributed by atoms with Crippen LogP contribution in [0.3, 0.4) is 0 Å². The van der Waals surface area contributed by atoms with Crippen LogP contribution in [0.15, 0.2) is 71.6 Å². The molecule has 0 saturated carbocycles. The maximum Gasteiger partial charge on any atom is 0.321 e. The Kier molecular flexibility index (Phi) is 8.53. The highest BCUT2D eigenvalue weighted by atomic mass is 32.2. The molecule has 208 valence electrons. The number of hydrogen-bond donors (Lipinski definition) is 2. The Labute approximate surface area is 226 Å². The van der Waals surface area contributed by atoms with Crippen LogP contribution in [-0.2, 0) is 10.0 Å². The molecule has 0 saturated heterocycles. The molecule has 1 aliphatic heterocycles. The molecule has 0 spiro atoms. The van der Waals surface area contributed by atoms with Gasteiger partial charge in [0.2, 0.25) is 10.0 Å². The number of ether oxygens (including phenoxy) is 1. The lowest BCUT2D eigenvalue weighted by molar-refractivity contribution is 0.0830. The second-order valence-corrected chi connectivity index (χ2v) is 11.6. The number of likely N-dealkylation sites (N-methyl/N-ethyl adjacent to an activating group) is 1. The first-order chi connectivity index (χ1) is 18.5. The van der Waals surface area contributed by atoms with E-state index in [1.807, 2.05) is 6.92 Å². The fraction of sp³-hybridized carbons (Fsp3) is 0.321. The SMILES string of the molecule is C[C@H](CO)N1C[C@H](C)[C@H](CN(C)C(=O)Nc2ccc(F)cc2)Oc2cc(-c3ccc(F)cc3)ccc2S1(=O)=O. The molecule has 3 aromatic carbocycles. The first-order valence-corrected chi connectivity index (χ1v) is 13.9. The summed E-state index contributed by atoms with van der Waals surface area (Å²) in [4.78, 5) is 14.2. The summed E-state index contributed by atoms with van der Waals surface area (Å²) in [7, 11) is -2.46. The zero-order chi connectivity index (χ0) is 28.3. The summed E-state index contributed by atoms with van der Waals surface area (Å²) >= 11 is 0. The molecule has 3 aromatic rings.